The van der Waals surface area contributed by atoms with Gasteiger partial charge in [-0.1, -0.05) is 20.8 Å². The first-order chi connectivity index (χ1) is 11.3. The van der Waals surface area contributed by atoms with Crippen molar-refractivity contribution in [2.45, 2.75) is 58.9 Å². The van der Waals surface area contributed by atoms with Gasteiger partial charge < -0.3 is 9.80 Å². The average molecular weight is 330 g/mol. The van der Waals surface area contributed by atoms with Crippen molar-refractivity contribution in [3.8, 4) is 0 Å². The molecule has 0 radical (unpaired) electrons. The zero-order valence-electron chi connectivity index (χ0n) is 15.5. The first-order valence-electron chi connectivity index (χ1n) is 9.13. The van der Waals surface area contributed by atoms with Crippen LogP contribution in [0.25, 0.3) is 0 Å². The number of amides is 1. The van der Waals surface area contributed by atoms with E-state index < -0.39 is 0 Å². The van der Waals surface area contributed by atoms with Crippen molar-refractivity contribution in [1.82, 2.24) is 19.8 Å². The van der Waals surface area contributed by atoms with Gasteiger partial charge in [-0.05, 0) is 25.3 Å². The first-order valence-corrected chi connectivity index (χ1v) is 9.13. The standard InChI is InChI=1S/C19H30N4O/c1-19(2,3)10-17(24)23-8-5-6-14(13-23)18-20-11-15-12-22(4)9-7-16(15)21-18/h11,14H,5-10,12-13H2,1-4H3. The van der Waals surface area contributed by atoms with Gasteiger partial charge in [0.2, 0.25) is 5.91 Å². The Kier molecular flexibility index (Phi) is 4.90. The molecule has 1 aromatic rings. The van der Waals surface area contributed by atoms with E-state index in [-0.39, 0.29) is 17.2 Å². The molecule has 1 unspecified atom stereocenters. The molecule has 0 aliphatic carbocycles. The van der Waals surface area contributed by atoms with Crippen LogP contribution in [0.2, 0.25) is 0 Å². The van der Waals surface area contributed by atoms with E-state index in [4.69, 9.17) is 4.98 Å². The van der Waals surface area contributed by atoms with E-state index in [2.05, 4.69) is 37.7 Å². The summed E-state index contributed by atoms with van der Waals surface area (Å²) in [5, 5.41) is 0. The van der Waals surface area contributed by atoms with Crippen LogP contribution in [0, 0.1) is 5.41 Å². The van der Waals surface area contributed by atoms with Crippen molar-refractivity contribution in [2.24, 2.45) is 5.41 Å². The number of hydrogen-bond donors (Lipinski definition) is 0. The average Bonchev–Trinajstić information content (AvgIpc) is 2.53. The minimum absolute atomic E-state index is 0.0401. The minimum atomic E-state index is 0.0401. The lowest BCUT2D eigenvalue weighted by molar-refractivity contribution is -0.134. The van der Waals surface area contributed by atoms with E-state index in [1.54, 1.807) is 0 Å². The number of hydrogen-bond acceptors (Lipinski definition) is 4. The van der Waals surface area contributed by atoms with Gasteiger partial charge in [-0.3, -0.25) is 4.79 Å². The fraction of sp³-hybridized carbons (Fsp3) is 0.737. The number of nitrogens with zero attached hydrogens (tertiary/aromatic N) is 4. The molecule has 3 heterocycles. The maximum absolute atomic E-state index is 12.5. The predicted octanol–water partition coefficient (Wildman–Crippen LogP) is 2.61. The van der Waals surface area contributed by atoms with Crippen LogP contribution in [0.15, 0.2) is 6.20 Å². The summed E-state index contributed by atoms with van der Waals surface area (Å²) in [6, 6.07) is 0. The Bertz CT molecular complexity index is 608. The number of aromatic nitrogens is 2. The largest absolute Gasteiger partial charge is 0.342 e. The molecular weight excluding hydrogens is 300 g/mol. The van der Waals surface area contributed by atoms with Gasteiger partial charge in [-0.2, -0.15) is 0 Å². The summed E-state index contributed by atoms with van der Waals surface area (Å²) >= 11 is 0. The van der Waals surface area contributed by atoms with Gasteiger partial charge >= 0.3 is 0 Å². The third-order valence-electron chi connectivity index (χ3n) is 4.96. The number of rotatable bonds is 2. The molecule has 2 aliphatic heterocycles. The molecule has 0 N–H and O–H groups in total. The van der Waals surface area contributed by atoms with Crippen LogP contribution in [0.1, 0.15) is 63.0 Å². The molecular formula is C19H30N4O. The highest BCUT2D eigenvalue weighted by Gasteiger charge is 2.29. The minimum Gasteiger partial charge on any atom is -0.342 e. The van der Waals surface area contributed by atoms with E-state index in [1.165, 1.54) is 11.3 Å². The smallest absolute Gasteiger partial charge is 0.223 e. The van der Waals surface area contributed by atoms with Gasteiger partial charge in [0.1, 0.15) is 5.82 Å². The molecule has 0 bridgehead atoms. The Balaban J connectivity index is 1.70. The number of carbonyl (C=O) groups excluding carboxylic acids is 1. The van der Waals surface area contributed by atoms with Gasteiger partial charge in [-0.25, -0.2) is 9.97 Å². The van der Waals surface area contributed by atoms with Crippen LogP contribution in [-0.4, -0.2) is 52.4 Å². The topological polar surface area (TPSA) is 49.3 Å². The Morgan fingerprint density at radius 1 is 1.33 bits per heavy atom. The highest BCUT2D eigenvalue weighted by molar-refractivity contribution is 5.77. The van der Waals surface area contributed by atoms with Crippen molar-refractivity contribution >= 4 is 5.91 Å². The number of piperidine rings is 1. The van der Waals surface area contributed by atoms with E-state index in [0.717, 1.165) is 51.3 Å². The summed E-state index contributed by atoms with van der Waals surface area (Å²) in [4.78, 5) is 26.4. The molecule has 1 aromatic heterocycles. The van der Waals surface area contributed by atoms with E-state index in [9.17, 15) is 4.79 Å². The van der Waals surface area contributed by atoms with Gasteiger partial charge in [-0.15, -0.1) is 0 Å². The Hall–Kier alpha value is -1.49. The summed E-state index contributed by atoms with van der Waals surface area (Å²) in [5.74, 6) is 1.49. The van der Waals surface area contributed by atoms with Gasteiger partial charge in [0.05, 0.1) is 0 Å². The highest BCUT2D eigenvalue weighted by Crippen LogP contribution is 2.28. The number of likely N-dealkylation sites (N-methyl/N-ethyl adjacent to an activating group) is 1. The van der Waals surface area contributed by atoms with Crippen molar-refractivity contribution < 1.29 is 4.79 Å². The van der Waals surface area contributed by atoms with Crippen LogP contribution in [0.3, 0.4) is 0 Å². The van der Waals surface area contributed by atoms with Crippen molar-refractivity contribution in [3.63, 3.8) is 0 Å². The lowest BCUT2D eigenvalue weighted by Gasteiger charge is -2.34. The first kappa shape index (κ1) is 17.3. The molecule has 0 spiro atoms. The van der Waals surface area contributed by atoms with E-state index in [0.29, 0.717) is 6.42 Å². The van der Waals surface area contributed by atoms with Gasteiger partial charge in [0, 0.05) is 62.4 Å². The molecule has 1 saturated heterocycles. The molecule has 1 amide bonds. The van der Waals surface area contributed by atoms with Crippen LogP contribution in [0.5, 0.6) is 0 Å². The zero-order chi connectivity index (χ0) is 17.3. The van der Waals surface area contributed by atoms with E-state index >= 15 is 0 Å². The quantitative estimate of drug-likeness (QED) is 0.836. The predicted molar refractivity (Wildman–Crippen MR) is 94.7 cm³/mol. The molecule has 3 rings (SSSR count). The van der Waals surface area contributed by atoms with Crippen molar-refractivity contribution in [2.75, 3.05) is 26.7 Å². The lowest BCUT2D eigenvalue weighted by Crippen LogP contribution is -2.41. The Morgan fingerprint density at radius 3 is 2.88 bits per heavy atom. The maximum Gasteiger partial charge on any atom is 0.223 e. The molecule has 1 fully saturated rings. The second kappa shape index (κ2) is 6.79. The summed E-state index contributed by atoms with van der Waals surface area (Å²) in [7, 11) is 2.14. The molecule has 132 valence electrons. The normalized spacial score (nSPS) is 22.3. The lowest BCUT2D eigenvalue weighted by atomic mass is 9.90. The van der Waals surface area contributed by atoms with Crippen LogP contribution < -0.4 is 0 Å². The third kappa shape index (κ3) is 4.12. The van der Waals surface area contributed by atoms with Crippen LogP contribution in [-0.2, 0) is 17.8 Å². The summed E-state index contributed by atoms with van der Waals surface area (Å²) in [5.41, 5.74) is 2.50. The number of likely N-dealkylation sites (tertiary alicyclic amines) is 1. The third-order valence-corrected chi connectivity index (χ3v) is 4.96. The van der Waals surface area contributed by atoms with E-state index in [1.807, 2.05) is 11.1 Å². The number of fused-ring (bicyclic) bond motifs is 1. The van der Waals surface area contributed by atoms with Crippen molar-refractivity contribution in [1.29, 1.82) is 0 Å². The number of carbonyl (C=O) groups is 1. The van der Waals surface area contributed by atoms with Gasteiger partial charge in [0.15, 0.2) is 0 Å². The summed E-state index contributed by atoms with van der Waals surface area (Å²) in [6.07, 6.45) is 5.74. The van der Waals surface area contributed by atoms with Crippen LogP contribution in [0.4, 0.5) is 0 Å². The van der Waals surface area contributed by atoms with Crippen LogP contribution >= 0.6 is 0 Å². The maximum atomic E-state index is 12.5. The molecule has 0 saturated carbocycles. The second-order valence-corrected chi connectivity index (χ2v) is 8.60. The SMILES string of the molecule is CN1CCc2nc(C3CCCN(C(=O)CC(C)(C)C)C3)ncc2C1. The van der Waals surface area contributed by atoms with Gasteiger partial charge in [0.25, 0.3) is 0 Å². The van der Waals surface area contributed by atoms with Crippen molar-refractivity contribution in [3.05, 3.63) is 23.3 Å². The Morgan fingerprint density at radius 2 is 2.12 bits per heavy atom. The second-order valence-electron chi connectivity index (χ2n) is 8.60. The molecule has 2 aliphatic rings. The molecule has 5 nitrogen and oxygen atoms in total. The fourth-order valence-corrected chi connectivity index (χ4v) is 3.65. The Labute approximate surface area is 145 Å². The highest BCUT2D eigenvalue weighted by atomic mass is 16.2. The zero-order valence-corrected chi connectivity index (χ0v) is 15.5. The molecule has 0 aromatic carbocycles. The molecule has 24 heavy (non-hydrogen) atoms. The monoisotopic (exact) mass is 330 g/mol. The summed E-state index contributed by atoms with van der Waals surface area (Å²) in [6.45, 7) is 10.0. The molecule has 5 heteroatoms. The fourth-order valence-electron chi connectivity index (χ4n) is 3.65. The molecule has 1 atom stereocenters. The summed E-state index contributed by atoms with van der Waals surface area (Å²) < 4.78 is 0.